The minimum atomic E-state index is 0.860. The summed E-state index contributed by atoms with van der Waals surface area (Å²) in [7, 11) is 0. The van der Waals surface area contributed by atoms with Crippen molar-refractivity contribution < 1.29 is 0 Å². The molecule has 0 saturated carbocycles. The molecule has 2 heteroatoms. The molecular formula is C19H16ClN. The van der Waals surface area contributed by atoms with Crippen LogP contribution >= 0.6 is 11.6 Å². The SMILES string of the molecule is Cc1cc(C)c2c(c1Cl)-c1nc3ccccc3cc1CC2. The Bertz CT molecular complexity index is 880. The van der Waals surface area contributed by atoms with Crippen LogP contribution in [0.3, 0.4) is 0 Å². The van der Waals surface area contributed by atoms with Crippen LogP contribution in [0.2, 0.25) is 5.02 Å². The van der Waals surface area contributed by atoms with E-state index >= 15 is 0 Å². The lowest BCUT2D eigenvalue weighted by atomic mass is 9.85. The maximum Gasteiger partial charge on any atom is 0.0759 e. The van der Waals surface area contributed by atoms with Crippen molar-refractivity contribution in [3.63, 3.8) is 0 Å². The number of fused-ring (bicyclic) bond motifs is 4. The van der Waals surface area contributed by atoms with E-state index in [0.29, 0.717) is 0 Å². The monoisotopic (exact) mass is 293 g/mol. The van der Waals surface area contributed by atoms with Gasteiger partial charge < -0.3 is 0 Å². The standard InChI is InChI=1S/C19H16ClN/c1-11-9-12(2)18(20)17-15(11)8-7-14-10-13-5-3-4-6-16(13)21-19(14)17/h3-6,9-10H,7-8H2,1-2H3. The Morgan fingerprint density at radius 3 is 2.67 bits per heavy atom. The predicted molar refractivity (Wildman–Crippen MR) is 89.1 cm³/mol. The Kier molecular flexibility index (Phi) is 2.80. The number of halogens is 1. The first-order valence-electron chi connectivity index (χ1n) is 7.33. The van der Waals surface area contributed by atoms with Crippen LogP contribution in [0.1, 0.15) is 22.3 Å². The van der Waals surface area contributed by atoms with Crippen molar-refractivity contribution in [2.24, 2.45) is 0 Å². The van der Waals surface area contributed by atoms with Gasteiger partial charge in [-0.05, 0) is 61.1 Å². The molecule has 0 spiro atoms. The molecule has 21 heavy (non-hydrogen) atoms. The molecule has 0 N–H and O–H groups in total. The van der Waals surface area contributed by atoms with E-state index in [1.165, 1.54) is 22.1 Å². The largest absolute Gasteiger partial charge is 0.247 e. The summed E-state index contributed by atoms with van der Waals surface area (Å²) in [6.45, 7) is 4.25. The van der Waals surface area contributed by atoms with Gasteiger partial charge in [0, 0.05) is 10.9 Å². The number of benzene rings is 2. The number of aromatic nitrogens is 1. The molecule has 0 fully saturated rings. The fourth-order valence-corrected chi connectivity index (χ4v) is 3.66. The quantitative estimate of drug-likeness (QED) is 0.550. The number of hydrogen-bond donors (Lipinski definition) is 0. The van der Waals surface area contributed by atoms with Crippen molar-refractivity contribution in [3.05, 3.63) is 63.7 Å². The van der Waals surface area contributed by atoms with E-state index in [0.717, 1.165) is 40.2 Å². The van der Waals surface area contributed by atoms with Gasteiger partial charge in [0.15, 0.2) is 0 Å². The van der Waals surface area contributed by atoms with E-state index in [1.54, 1.807) is 0 Å². The number of nitrogens with zero attached hydrogens (tertiary/aromatic N) is 1. The molecule has 0 amide bonds. The van der Waals surface area contributed by atoms with E-state index in [9.17, 15) is 0 Å². The smallest absolute Gasteiger partial charge is 0.0759 e. The fraction of sp³-hybridized carbons (Fsp3) is 0.211. The summed E-state index contributed by atoms with van der Waals surface area (Å²) in [5.74, 6) is 0. The molecule has 1 heterocycles. The number of hydrogen-bond acceptors (Lipinski definition) is 1. The van der Waals surface area contributed by atoms with Crippen molar-refractivity contribution >= 4 is 22.5 Å². The van der Waals surface area contributed by atoms with Crippen LogP contribution in [0.5, 0.6) is 0 Å². The van der Waals surface area contributed by atoms with E-state index in [1.807, 2.05) is 6.07 Å². The van der Waals surface area contributed by atoms with Gasteiger partial charge in [-0.3, -0.25) is 0 Å². The zero-order valence-electron chi connectivity index (χ0n) is 12.2. The van der Waals surface area contributed by atoms with Gasteiger partial charge in [-0.15, -0.1) is 0 Å². The molecule has 1 aliphatic carbocycles. The molecule has 104 valence electrons. The maximum absolute atomic E-state index is 6.62. The zero-order valence-corrected chi connectivity index (χ0v) is 13.0. The van der Waals surface area contributed by atoms with Crippen molar-refractivity contribution in [3.8, 4) is 11.3 Å². The molecule has 0 bridgehead atoms. The second-order valence-electron chi connectivity index (χ2n) is 5.87. The van der Waals surface area contributed by atoms with Crippen LogP contribution in [0.15, 0.2) is 36.4 Å². The average molecular weight is 294 g/mol. The third kappa shape index (κ3) is 1.88. The zero-order chi connectivity index (χ0) is 14.6. The van der Waals surface area contributed by atoms with Gasteiger partial charge in [0.1, 0.15) is 0 Å². The highest BCUT2D eigenvalue weighted by Crippen LogP contribution is 2.41. The van der Waals surface area contributed by atoms with Gasteiger partial charge in [0.25, 0.3) is 0 Å². The second-order valence-corrected chi connectivity index (χ2v) is 6.24. The van der Waals surface area contributed by atoms with Crippen molar-refractivity contribution in [1.29, 1.82) is 0 Å². The van der Waals surface area contributed by atoms with E-state index in [4.69, 9.17) is 16.6 Å². The summed E-state index contributed by atoms with van der Waals surface area (Å²) in [6, 6.07) is 12.8. The summed E-state index contributed by atoms with van der Waals surface area (Å²) in [6.07, 6.45) is 2.09. The first-order chi connectivity index (χ1) is 10.1. The topological polar surface area (TPSA) is 12.9 Å². The summed E-state index contributed by atoms with van der Waals surface area (Å²) in [5, 5.41) is 2.07. The molecular weight excluding hydrogens is 278 g/mol. The van der Waals surface area contributed by atoms with Crippen LogP contribution < -0.4 is 0 Å². The summed E-state index contributed by atoms with van der Waals surface area (Å²) in [4.78, 5) is 4.92. The summed E-state index contributed by atoms with van der Waals surface area (Å²) < 4.78 is 0. The van der Waals surface area contributed by atoms with Gasteiger partial charge >= 0.3 is 0 Å². The minimum absolute atomic E-state index is 0.860. The first kappa shape index (κ1) is 12.8. The molecule has 4 rings (SSSR count). The molecule has 2 aromatic carbocycles. The number of pyridine rings is 1. The third-order valence-electron chi connectivity index (χ3n) is 4.46. The van der Waals surface area contributed by atoms with Crippen molar-refractivity contribution in [2.75, 3.05) is 0 Å². The molecule has 3 aromatic rings. The van der Waals surface area contributed by atoms with Gasteiger partial charge in [0.2, 0.25) is 0 Å². The van der Waals surface area contributed by atoms with Crippen LogP contribution in [-0.2, 0) is 12.8 Å². The van der Waals surface area contributed by atoms with Crippen molar-refractivity contribution in [2.45, 2.75) is 26.7 Å². The van der Waals surface area contributed by atoms with Gasteiger partial charge in [-0.2, -0.15) is 0 Å². The lowest BCUT2D eigenvalue weighted by Gasteiger charge is -2.23. The van der Waals surface area contributed by atoms with Gasteiger partial charge in [-0.25, -0.2) is 4.98 Å². The van der Waals surface area contributed by atoms with Crippen LogP contribution in [0.4, 0.5) is 0 Å². The Morgan fingerprint density at radius 2 is 1.81 bits per heavy atom. The lowest BCUT2D eigenvalue weighted by Crippen LogP contribution is -2.09. The van der Waals surface area contributed by atoms with E-state index in [2.05, 4.69) is 44.2 Å². The maximum atomic E-state index is 6.62. The molecule has 0 unspecified atom stereocenters. The Labute approximate surface area is 129 Å². The highest BCUT2D eigenvalue weighted by molar-refractivity contribution is 6.34. The normalized spacial score (nSPS) is 13.1. The van der Waals surface area contributed by atoms with Gasteiger partial charge in [0.05, 0.1) is 16.2 Å². The number of rotatable bonds is 0. The Hall–Kier alpha value is -1.86. The second kappa shape index (κ2) is 4.57. The molecule has 1 aliphatic rings. The van der Waals surface area contributed by atoms with Crippen LogP contribution in [-0.4, -0.2) is 4.98 Å². The van der Waals surface area contributed by atoms with Crippen LogP contribution in [0.25, 0.3) is 22.2 Å². The summed E-state index contributed by atoms with van der Waals surface area (Å²) in [5.41, 5.74) is 8.41. The molecule has 0 aliphatic heterocycles. The molecule has 1 aromatic heterocycles. The minimum Gasteiger partial charge on any atom is -0.247 e. The van der Waals surface area contributed by atoms with E-state index in [-0.39, 0.29) is 0 Å². The van der Waals surface area contributed by atoms with Gasteiger partial charge in [-0.1, -0.05) is 35.9 Å². The third-order valence-corrected chi connectivity index (χ3v) is 4.95. The summed E-state index contributed by atoms with van der Waals surface area (Å²) >= 11 is 6.62. The number of aryl methyl sites for hydroxylation is 3. The molecule has 0 radical (unpaired) electrons. The van der Waals surface area contributed by atoms with Crippen LogP contribution in [0, 0.1) is 13.8 Å². The fourth-order valence-electron chi connectivity index (χ4n) is 3.40. The predicted octanol–water partition coefficient (Wildman–Crippen LogP) is 5.27. The van der Waals surface area contributed by atoms with Crippen molar-refractivity contribution in [1.82, 2.24) is 4.98 Å². The van der Waals surface area contributed by atoms with E-state index < -0.39 is 0 Å². The highest BCUT2D eigenvalue weighted by Gasteiger charge is 2.23. The first-order valence-corrected chi connectivity index (χ1v) is 7.70. The number of para-hydroxylation sites is 1. The lowest BCUT2D eigenvalue weighted by molar-refractivity contribution is 0.921. The molecule has 0 atom stereocenters. The molecule has 1 nitrogen and oxygen atoms in total. The Balaban J connectivity index is 2.10. The highest BCUT2D eigenvalue weighted by atomic mass is 35.5. The average Bonchev–Trinajstić information content (AvgIpc) is 2.49. The molecule has 0 saturated heterocycles. The Morgan fingerprint density at radius 1 is 1.00 bits per heavy atom.